The number of aryl methyl sites for hydroxylation is 1. The van der Waals surface area contributed by atoms with Crippen LogP contribution in [0.1, 0.15) is 11.3 Å². The summed E-state index contributed by atoms with van der Waals surface area (Å²) in [7, 11) is 0. The minimum absolute atomic E-state index is 0.444. The lowest BCUT2D eigenvalue weighted by molar-refractivity contribution is 0.142. The van der Waals surface area contributed by atoms with Gasteiger partial charge in [-0.2, -0.15) is 10.4 Å². The second-order valence-corrected chi connectivity index (χ2v) is 7.60. The summed E-state index contributed by atoms with van der Waals surface area (Å²) in [5.74, 6) is 1.39. The third kappa shape index (κ3) is 3.39. The molecule has 0 radical (unpaired) electrons. The molecule has 0 bridgehead atoms. The van der Waals surface area contributed by atoms with Crippen LogP contribution in [-0.2, 0) is 0 Å². The zero-order valence-electron chi connectivity index (χ0n) is 17.3. The molecule has 4 aromatic rings. The van der Waals surface area contributed by atoms with Crippen LogP contribution in [0.5, 0.6) is 0 Å². The van der Waals surface area contributed by atoms with Gasteiger partial charge >= 0.3 is 6.09 Å². The maximum atomic E-state index is 11.1. The first-order valence-corrected chi connectivity index (χ1v) is 10.1. The van der Waals surface area contributed by atoms with Gasteiger partial charge in [0, 0.05) is 61.3 Å². The molecular formula is C22H19N7O3. The van der Waals surface area contributed by atoms with Gasteiger partial charge in [0.25, 0.3) is 0 Å². The number of hydrogen-bond donors (Lipinski definition) is 1. The van der Waals surface area contributed by atoms with Gasteiger partial charge in [0.05, 0.1) is 23.0 Å². The SMILES string of the molecule is Cc1cc(-c2cc(-c3ccc(N4CCN(C(=O)O)CC4)nc3)c3c(C#N)cnn3c2)on1. The number of amides is 1. The molecule has 1 aliphatic heterocycles. The molecule has 0 unspecified atom stereocenters. The van der Waals surface area contributed by atoms with Gasteiger partial charge in [-0.15, -0.1) is 0 Å². The molecule has 1 fully saturated rings. The predicted octanol–water partition coefficient (Wildman–Crippen LogP) is 3.03. The van der Waals surface area contributed by atoms with Crippen molar-refractivity contribution in [1.29, 1.82) is 5.26 Å². The summed E-state index contributed by atoms with van der Waals surface area (Å²) in [4.78, 5) is 19.2. The average molecular weight is 429 g/mol. The van der Waals surface area contributed by atoms with Crippen molar-refractivity contribution < 1.29 is 14.4 Å². The highest BCUT2D eigenvalue weighted by molar-refractivity contribution is 5.87. The maximum Gasteiger partial charge on any atom is 0.407 e. The van der Waals surface area contributed by atoms with Gasteiger partial charge < -0.3 is 19.4 Å². The Bertz CT molecular complexity index is 1340. The van der Waals surface area contributed by atoms with Crippen molar-refractivity contribution in [2.45, 2.75) is 6.92 Å². The van der Waals surface area contributed by atoms with Gasteiger partial charge in [0.15, 0.2) is 5.76 Å². The van der Waals surface area contributed by atoms with Crippen LogP contribution in [0, 0.1) is 18.3 Å². The Kier molecular flexibility index (Phi) is 4.71. The molecule has 1 N–H and O–H groups in total. The first-order chi connectivity index (χ1) is 15.5. The van der Waals surface area contributed by atoms with E-state index in [-0.39, 0.29) is 0 Å². The molecule has 1 aliphatic rings. The van der Waals surface area contributed by atoms with Crippen molar-refractivity contribution in [1.82, 2.24) is 24.7 Å². The molecule has 0 aromatic carbocycles. The Balaban J connectivity index is 1.52. The highest BCUT2D eigenvalue weighted by atomic mass is 16.5. The standard InChI is InChI=1S/C22H19N7O3/c1-14-8-19(32-26-14)16-9-18(21-17(10-23)12-25-29(21)13-16)15-2-3-20(24-11-15)27-4-6-28(7-5-27)22(30)31/h2-3,8-9,11-13H,4-7H2,1H3,(H,30,31). The Hall–Kier alpha value is -4.39. The molecule has 1 amide bonds. The summed E-state index contributed by atoms with van der Waals surface area (Å²) in [6, 6.07) is 9.85. The van der Waals surface area contributed by atoms with Gasteiger partial charge in [0.2, 0.25) is 0 Å². The molecule has 32 heavy (non-hydrogen) atoms. The molecule has 1 saturated heterocycles. The van der Waals surface area contributed by atoms with E-state index in [0.717, 1.165) is 28.2 Å². The van der Waals surface area contributed by atoms with E-state index in [9.17, 15) is 10.1 Å². The van der Waals surface area contributed by atoms with Crippen LogP contribution in [0.3, 0.4) is 0 Å². The average Bonchev–Trinajstić information content (AvgIpc) is 3.44. The van der Waals surface area contributed by atoms with Crippen LogP contribution < -0.4 is 4.90 Å². The van der Waals surface area contributed by atoms with Gasteiger partial charge in [-0.3, -0.25) is 0 Å². The normalized spacial score (nSPS) is 14.0. The molecule has 0 atom stereocenters. The Morgan fingerprint density at radius 1 is 1.16 bits per heavy atom. The zero-order chi connectivity index (χ0) is 22.2. The quantitative estimate of drug-likeness (QED) is 0.527. The number of piperazine rings is 1. The maximum absolute atomic E-state index is 11.1. The molecule has 0 saturated carbocycles. The van der Waals surface area contributed by atoms with E-state index < -0.39 is 6.09 Å². The number of fused-ring (bicyclic) bond motifs is 1. The lowest BCUT2D eigenvalue weighted by atomic mass is 10.0. The Morgan fingerprint density at radius 3 is 2.59 bits per heavy atom. The summed E-state index contributed by atoms with van der Waals surface area (Å²) >= 11 is 0. The first-order valence-electron chi connectivity index (χ1n) is 10.1. The van der Waals surface area contributed by atoms with Crippen LogP contribution >= 0.6 is 0 Å². The highest BCUT2D eigenvalue weighted by Crippen LogP contribution is 2.32. The number of carbonyl (C=O) groups is 1. The van der Waals surface area contributed by atoms with Crippen molar-refractivity contribution in [2.75, 3.05) is 31.1 Å². The number of aromatic nitrogens is 4. The van der Waals surface area contributed by atoms with Crippen molar-refractivity contribution in [3.8, 4) is 28.5 Å². The highest BCUT2D eigenvalue weighted by Gasteiger charge is 2.21. The summed E-state index contributed by atoms with van der Waals surface area (Å²) in [5.41, 5.74) is 4.35. The smallest absolute Gasteiger partial charge is 0.407 e. The number of rotatable bonds is 3. The third-order valence-corrected chi connectivity index (χ3v) is 5.58. The monoisotopic (exact) mass is 429 g/mol. The van der Waals surface area contributed by atoms with E-state index >= 15 is 0 Å². The molecule has 160 valence electrons. The van der Waals surface area contributed by atoms with Gasteiger partial charge in [-0.1, -0.05) is 5.16 Å². The lowest BCUT2D eigenvalue weighted by Gasteiger charge is -2.33. The van der Waals surface area contributed by atoms with E-state index in [4.69, 9.17) is 9.63 Å². The van der Waals surface area contributed by atoms with Crippen molar-refractivity contribution >= 4 is 17.4 Å². The topological polar surface area (TPSA) is 124 Å². The Morgan fingerprint density at radius 2 is 1.97 bits per heavy atom. The van der Waals surface area contributed by atoms with Crippen LogP contribution in [-0.4, -0.2) is 62.0 Å². The summed E-state index contributed by atoms with van der Waals surface area (Å²) < 4.78 is 7.09. The molecule has 10 nitrogen and oxygen atoms in total. The second kappa shape index (κ2) is 7.70. The van der Waals surface area contributed by atoms with E-state index in [1.54, 1.807) is 10.7 Å². The second-order valence-electron chi connectivity index (χ2n) is 7.60. The van der Waals surface area contributed by atoms with E-state index in [1.807, 2.05) is 37.4 Å². The number of anilines is 1. The molecule has 10 heteroatoms. The summed E-state index contributed by atoms with van der Waals surface area (Å²) in [6.45, 7) is 3.92. The third-order valence-electron chi connectivity index (χ3n) is 5.58. The van der Waals surface area contributed by atoms with E-state index in [2.05, 4.69) is 26.2 Å². The van der Waals surface area contributed by atoms with E-state index in [0.29, 0.717) is 43.0 Å². The van der Waals surface area contributed by atoms with Gasteiger partial charge in [-0.05, 0) is 25.1 Å². The number of nitrogens with zero attached hydrogens (tertiary/aromatic N) is 7. The first kappa shape index (κ1) is 19.6. The van der Waals surface area contributed by atoms with Crippen molar-refractivity contribution in [2.24, 2.45) is 0 Å². The number of carboxylic acid groups (broad SMARTS) is 1. The minimum Gasteiger partial charge on any atom is -0.465 e. The van der Waals surface area contributed by atoms with Crippen LogP contribution in [0.15, 0.2) is 47.4 Å². The molecule has 4 aromatic heterocycles. The largest absolute Gasteiger partial charge is 0.465 e. The molecule has 0 spiro atoms. The lowest BCUT2D eigenvalue weighted by Crippen LogP contribution is -2.48. The number of nitriles is 1. The van der Waals surface area contributed by atoms with Crippen LogP contribution in [0.2, 0.25) is 0 Å². The van der Waals surface area contributed by atoms with Gasteiger partial charge in [-0.25, -0.2) is 14.3 Å². The summed E-state index contributed by atoms with van der Waals surface area (Å²) in [5, 5.41) is 27.0. The zero-order valence-corrected chi connectivity index (χ0v) is 17.3. The number of hydrogen-bond acceptors (Lipinski definition) is 7. The van der Waals surface area contributed by atoms with E-state index in [1.165, 1.54) is 11.1 Å². The predicted molar refractivity (Wildman–Crippen MR) is 115 cm³/mol. The molecule has 0 aliphatic carbocycles. The summed E-state index contributed by atoms with van der Waals surface area (Å²) in [6.07, 6.45) is 4.21. The molecule has 5 rings (SSSR count). The van der Waals surface area contributed by atoms with Crippen LogP contribution in [0.4, 0.5) is 10.6 Å². The molecular weight excluding hydrogens is 410 g/mol. The minimum atomic E-state index is -0.895. The van der Waals surface area contributed by atoms with Crippen molar-refractivity contribution in [3.05, 3.63) is 54.1 Å². The Labute approximate surface area is 182 Å². The molecule has 5 heterocycles. The fourth-order valence-electron chi connectivity index (χ4n) is 3.92. The fraction of sp³-hybridized carbons (Fsp3) is 0.227. The van der Waals surface area contributed by atoms with Crippen LogP contribution in [0.25, 0.3) is 28.0 Å². The van der Waals surface area contributed by atoms with Crippen molar-refractivity contribution in [3.63, 3.8) is 0 Å². The number of pyridine rings is 2. The van der Waals surface area contributed by atoms with Gasteiger partial charge in [0.1, 0.15) is 11.9 Å². The fourth-order valence-corrected chi connectivity index (χ4v) is 3.92.